The summed E-state index contributed by atoms with van der Waals surface area (Å²) in [5.41, 5.74) is 1.13. The number of hydrogen-bond acceptors (Lipinski definition) is 5. The van der Waals surface area contributed by atoms with Gasteiger partial charge in [0, 0.05) is 45.3 Å². The Hall–Kier alpha value is -1.27. The fraction of sp³-hybridized carbons (Fsp3) is 0.667. The molecule has 0 aliphatic carbocycles. The molecule has 176 valence electrons. The number of rotatable bonds is 7. The second kappa shape index (κ2) is 12.1. The average molecular weight is 566 g/mol. The zero-order chi connectivity index (χ0) is 21.6. The number of methoxy groups -OCH3 is 1. The van der Waals surface area contributed by atoms with Gasteiger partial charge in [-0.1, -0.05) is 12.1 Å². The van der Waals surface area contributed by atoms with Crippen LogP contribution in [0.5, 0.6) is 5.75 Å². The first kappa shape index (κ1) is 26.0. The maximum absolute atomic E-state index is 11.7. The zero-order valence-electron chi connectivity index (χ0n) is 18.7. The van der Waals surface area contributed by atoms with Gasteiger partial charge >= 0.3 is 0 Å². The van der Waals surface area contributed by atoms with Gasteiger partial charge in [0.1, 0.15) is 5.75 Å². The highest BCUT2D eigenvalue weighted by Crippen LogP contribution is 2.30. The van der Waals surface area contributed by atoms with Gasteiger partial charge in [0.15, 0.2) is 5.96 Å². The monoisotopic (exact) mass is 565 g/mol. The van der Waals surface area contributed by atoms with Crippen molar-refractivity contribution in [2.45, 2.75) is 32.2 Å². The van der Waals surface area contributed by atoms with Crippen LogP contribution in [0.15, 0.2) is 29.3 Å². The minimum atomic E-state index is -3.08. The number of benzene rings is 1. The number of hydrogen-bond donors (Lipinski definition) is 2. The Bertz CT molecular complexity index is 828. The van der Waals surface area contributed by atoms with Crippen molar-refractivity contribution in [1.82, 2.24) is 14.9 Å². The van der Waals surface area contributed by atoms with E-state index in [1.807, 2.05) is 18.2 Å². The van der Waals surface area contributed by atoms with E-state index in [-0.39, 0.29) is 24.0 Å². The predicted octanol–water partition coefficient (Wildman–Crippen LogP) is 2.12. The van der Waals surface area contributed by atoms with E-state index >= 15 is 0 Å². The van der Waals surface area contributed by atoms with Crippen LogP contribution in [0.3, 0.4) is 0 Å². The van der Waals surface area contributed by atoms with E-state index in [0.29, 0.717) is 25.0 Å². The Balaban J connectivity index is 0.00000341. The Morgan fingerprint density at radius 2 is 1.90 bits per heavy atom. The Labute approximate surface area is 203 Å². The highest BCUT2D eigenvalue weighted by Gasteiger charge is 2.26. The molecule has 2 N–H and O–H groups in total. The number of piperidine rings is 1. The number of sulfonamides is 1. The normalized spacial score (nSPS) is 20.9. The molecule has 1 aromatic carbocycles. The van der Waals surface area contributed by atoms with Gasteiger partial charge in [-0.15, -0.1) is 24.0 Å². The van der Waals surface area contributed by atoms with Crippen LogP contribution in [-0.4, -0.2) is 77.4 Å². The predicted molar refractivity (Wildman–Crippen MR) is 137 cm³/mol. The quantitative estimate of drug-likeness (QED) is 0.300. The van der Waals surface area contributed by atoms with Crippen LogP contribution >= 0.6 is 24.0 Å². The summed E-state index contributed by atoms with van der Waals surface area (Å²) in [6.07, 6.45) is 4.05. The van der Waals surface area contributed by atoms with Crippen LogP contribution in [0.2, 0.25) is 0 Å². The zero-order valence-corrected chi connectivity index (χ0v) is 21.9. The second-order valence-electron chi connectivity index (χ2n) is 8.07. The maximum atomic E-state index is 11.7. The summed E-state index contributed by atoms with van der Waals surface area (Å²) in [6.45, 7) is 6.66. The van der Waals surface area contributed by atoms with E-state index in [1.165, 1.54) is 6.26 Å². The number of anilines is 1. The molecule has 0 saturated carbocycles. The third kappa shape index (κ3) is 7.38. The van der Waals surface area contributed by atoms with E-state index < -0.39 is 10.0 Å². The molecule has 0 radical (unpaired) electrons. The van der Waals surface area contributed by atoms with Crippen molar-refractivity contribution in [2.24, 2.45) is 10.9 Å². The number of para-hydroxylation sites is 2. The summed E-state index contributed by atoms with van der Waals surface area (Å²) in [7, 11) is -1.37. The minimum absolute atomic E-state index is 0. The SMILES string of the molecule is CCNC(=NCC1CCN(S(C)(=O)=O)CC1)NC1CCN(c2ccccc2OC)C1.I. The Morgan fingerprint density at radius 1 is 1.19 bits per heavy atom. The summed E-state index contributed by atoms with van der Waals surface area (Å²) < 4.78 is 30.4. The van der Waals surface area contributed by atoms with E-state index in [4.69, 9.17) is 9.73 Å². The van der Waals surface area contributed by atoms with Gasteiger partial charge in [0.25, 0.3) is 0 Å². The summed E-state index contributed by atoms with van der Waals surface area (Å²) in [6, 6.07) is 8.45. The van der Waals surface area contributed by atoms with E-state index in [2.05, 4.69) is 28.5 Å². The first-order valence-corrected chi connectivity index (χ1v) is 12.6. The highest BCUT2D eigenvalue weighted by atomic mass is 127. The fourth-order valence-corrected chi connectivity index (χ4v) is 5.02. The molecule has 10 heteroatoms. The third-order valence-electron chi connectivity index (χ3n) is 5.85. The Morgan fingerprint density at radius 3 is 2.55 bits per heavy atom. The summed E-state index contributed by atoms with van der Waals surface area (Å²) >= 11 is 0. The molecule has 1 atom stereocenters. The largest absolute Gasteiger partial charge is 0.495 e. The van der Waals surface area contributed by atoms with Crippen molar-refractivity contribution in [1.29, 1.82) is 0 Å². The molecule has 31 heavy (non-hydrogen) atoms. The molecule has 0 spiro atoms. The molecule has 2 aliphatic heterocycles. The summed E-state index contributed by atoms with van der Waals surface area (Å²) in [4.78, 5) is 7.15. The molecule has 2 aliphatic rings. The number of nitrogens with zero attached hydrogens (tertiary/aromatic N) is 3. The number of ether oxygens (including phenoxy) is 1. The Kier molecular flexibility index (Phi) is 10.1. The van der Waals surface area contributed by atoms with Gasteiger partial charge in [-0.3, -0.25) is 4.99 Å². The second-order valence-corrected chi connectivity index (χ2v) is 10.1. The summed E-state index contributed by atoms with van der Waals surface area (Å²) in [5, 5.41) is 6.93. The van der Waals surface area contributed by atoms with Crippen molar-refractivity contribution >= 4 is 45.6 Å². The lowest BCUT2D eigenvalue weighted by atomic mass is 9.98. The van der Waals surface area contributed by atoms with Gasteiger partial charge < -0.3 is 20.3 Å². The van der Waals surface area contributed by atoms with Gasteiger partial charge in [-0.2, -0.15) is 0 Å². The van der Waals surface area contributed by atoms with Crippen LogP contribution in [0.25, 0.3) is 0 Å². The first-order valence-electron chi connectivity index (χ1n) is 10.8. The highest BCUT2D eigenvalue weighted by molar-refractivity contribution is 14.0. The maximum Gasteiger partial charge on any atom is 0.211 e. The smallest absolute Gasteiger partial charge is 0.211 e. The third-order valence-corrected chi connectivity index (χ3v) is 7.15. The molecular weight excluding hydrogens is 529 g/mol. The van der Waals surface area contributed by atoms with Crippen LogP contribution in [-0.2, 0) is 10.0 Å². The minimum Gasteiger partial charge on any atom is -0.495 e. The van der Waals surface area contributed by atoms with Gasteiger partial charge in [0.05, 0.1) is 19.1 Å². The van der Waals surface area contributed by atoms with Crippen molar-refractivity contribution in [3.63, 3.8) is 0 Å². The number of halogens is 1. The van der Waals surface area contributed by atoms with Crippen molar-refractivity contribution in [3.05, 3.63) is 24.3 Å². The van der Waals surface area contributed by atoms with Crippen LogP contribution in [0.1, 0.15) is 26.2 Å². The molecule has 0 amide bonds. The molecule has 3 rings (SSSR count). The van der Waals surface area contributed by atoms with Crippen LogP contribution in [0.4, 0.5) is 5.69 Å². The topological polar surface area (TPSA) is 86.3 Å². The van der Waals surface area contributed by atoms with Gasteiger partial charge in [-0.05, 0) is 44.2 Å². The number of guanidine groups is 1. The molecule has 2 heterocycles. The molecule has 8 nitrogen and oxygen atoms in total. The van der Waals surface area contributed by atoms with Crippen molar-refractivity contribution < 1.29 is 13.2 Å². The lowest BCUT2D eigenvalue weighted by molar-refractivity contribution is 0.280. The molecule has 2 saturated heterocycles. The van der Waals surface area contributed by atoms with E-state index in [0.717, 1.165) is 62.8 Å². The molecule has 0 bridgehead atoms. The van der Waals surface area contributed by atoms with E-state index in [9.17, 15) is 8.42 Å². The summed E-state index contributed by atoms with van der Waals surface area (Å²) in [5.74, 6) is 2.17. The van der Waals surface area contributed by atoms with E-state index in [1.54, 1.807) is 11.4 Å². The first-order chi connectivity index (χ1) is 14.4. The number of aliphatic imine (C=N–C) groups is 1. The fourth-order valence-electron chi connectivity index (χ4n) is 4.15. The van der Waals surface area contributed by atoms with Gasteiger partial charge in [-0.25, -0.2) is 12.7 Å². The van der Waals surface area contributed by atoms with Gasteiger partial charge in [0.2, 0.25) is 10.0 Å². The molecule has 1 unspecified atom stereocenters. The number of nitrogens with one attached hydrogen (secondary N) is 2. The lowest BCUT2D eigenvalue weighted by Gasteiger charge is -2.29. The van der Waals surface area contributed by atoms with Crippen LogP contribution < -0.4 is 20.3 Å². The van der Waals surface area contributed by atoms with Crippen molar-refractivity contribution in [3.8, 4) is 5.75 Å². The molecule has 0 aromatic heterocycles. The molecule has 2 fully saturated rings. The molecular formula is C21H36IN5O3S. The molecule has 1 aromatic rings. The standard InChI is InChI=1S/C21H35N5O3S.HI/c1-4-22-21(23-15-17-9-13-26(14-10-17)30(3,27)28)24-18-11-12-25(16-18)19-7-5-6-8-20(19)29-2;/h5-8,17-18H,4,9-16H2,1-3H3,(H2,22,23,24);1H. The lowest BCUT2D eigenvalue weighted by Crippen LogP contribution is -2.45. The van der Waals surface area contributed by atoms with Crippen LogP contribution in [0, 0.1) is 5.92 Å². The van der Waals surface area contributed by atoms with Crippen molar-refractivity contribution in [2.75, 3.05) is 57.5 Å². The average Bonchev–Trinajstić information content (AvgIpc) is 3.20.